The molecule has 1 aliphatic rings. The molecule has 5 nitrogen and oxygen atoms in total. The predicted molar refractivity (Wildman–Crippen MR) is 98.9 cm³/mol. The molecule has 168 valence electrons. The summed E-state index contributed by atoms with van der Waals surface area (Å²) in [6, 6.07) is 5.73. The molecule has 0 fully saturated rings. The second kappa shape index (κ2) is 7.90. The third-order valence-electron chi connectivity index (χ3n) is 4.57. The van der Waals surface area contributed by atoms with Gasteiger partial charge in [0.15, 0.2) is 0 Å². The molecular formula is C18H13ClF6N2O3S. The third-order valence-corrected chi connectivity index (χ3v) is 6.26. The van der Waals surface area contributed by atoms with Crippen molar-refractivity contribution in [2.45, 2.75) is 30.2 Å². The fourth-order valence-corrected chi connectivity index (χ4v) is 4.38. The van der Waals surface area contributed by atoms with Crippen LogP contribution >= 0.6 is 11.6 Å². The second-order valence-electron chi connectivity index (χ2n) is 6.70. The standard InChI is InChI=1S/C18H13ClF6N2O3S/c19-14-4-2-12(17(20,21)22)8-15(14)26-31(29,30)13-3-1-10-5-6-27(9-11(10)7-13)16(28)18(23,24)25/h1-4,7-8,26H,5-6,9H2. The van der Waals surface area contributed by atoms with Gasteiger partial charge >= 0.3 is 18.3 Å². The molecule has 1 N–H and O–H groups in total. The number of hydrogen-bond donors (Lipinski definition) is 1. The number of carbonyl (C=O) groups is 1. The van der Waals surface area contributed by atoms with Gasteiger partial charge in [-0.15, -0.1) is 0 Å². The van der Waals surface area contributed by atoms with Crippen molar-refractivity contribution in [1.82, 2.24) is 4.90 Å². The van der Waals surface area contributed by atoms with Crippen molar-refractivity contribution < 1.29 is 39.6 Å². The number of alkyl halides is 6. The molecule has 1 aliphatic heterocycles. The van der Waals surface area contributed by atoms with E-state index in [1.807, 2.05) is 4.72 Å². The number of benzene rings is 2. The quantitative estimate of drug-likeness (QED) is 0.645. The van der Waals surface area contributed by atoms with Crippen LogP contribution in [0.1, 0.15) is 16.7 Å². The minimum Gasteiger partial charge on any atom is -0.330 e. The van der Waals surface area contributed by atoms with Crippen LogP contribution in [0, 0.1) is 0 Å². The van der Waals surface area contributed by atoms with Crippen molar-refractivity contribution in [3.8, 4) is 0 Å². The number of carbonyl (C=O) groups excluding carboxylic acids is 1. The van der Waals surface area contributed by atoms with Crippen molar-refractivity contribution in [2.75, 3.05) is 11.3 Å². The minimum absolute atomic E-state index is 0.0877. The van der Waals surface area contributed by atoms with Gasteiger partial charge in [-0.05, 0) is 47.9 Å². The highest BCUT2D eigenvalue weighted by Crippen LogP contribution is 2.35. The smallest absolute Gasteiger partial charge is 0.330 e. The average molecular weight is 487 g/mol. The number of sulfonamides is 1. The summed E-state index contributed by atoms with van der Waals surface area (Å²) in [5.41, 5.74) is -0.895. The Morgan fingerprint density at radius 1 is 1.00 bits per heavy atom. The van der Waals surface area contributed by atoms with Crippen molar-refractivity contribution >= 4 is 33.2 Å². The van der Waals surface area contributed by atoms with Gasteiger partial charge in [0.05, 0.1) is 21.2 Å². The highest BCUT2D eigenvalue weighted by atomic mass is 35.5. The SMILES string of the molecule is O=C(N1CCc2ccc(S(=O)(=O)Nc3cc(C(F)(F)F)ccc3Cl)cc2C1)C(F)(F)F. The Bertz CT molecular complexity index is 1130. The summed E-state index contributed by atoms with van der Waals surface area (Å²) in [4.78, 5) is 11.6. The maximum absolute atomic E-state index is 12.9. The van der Waals surface area contributed by atoms with Crippen LogP contribution in [0.2, 0.25) is 5.02 Å². The lowest BCUT2D eigenvalue weighted by atomic mass is 10.00. The lowest BCUT2D eigenvalue weighted by molar-refractivity contribution is -0.186. The van der Waals surface area contributed by atoms with E-state index >= 15 is 0 Å². The Morgan fingerprint density at radius 3 is 2.29 bits per heavy atom. The van der Waals surface area contributed by atoms with Crippen LogP contribution in [0.15, 0.2) is 41.3 Å². The summed E-state index contributed by atoms with van der Waals surface area (Å²) < 4.78 is 104. The van der Waals surface area contributed by atoms with Gasteiger partial charge < -0.3 is 4.90 Å². The molecule has 1 heterocycles. The van der Waals surface area contributed by atoms with Gasteiger partial charge in [0.25, 0.3) is 10.0 Å². The highest BCUT2D eigenvalue weighted by Gasteiger charge is 2.43. The highest BCUT2D eigenvalue weighted by molar-refractivity contribution is 7.92. The van der Waals surface area contributed by atoms with E-state index in [0.717, 1.165) is 12.1 Å². The second-order valence-corrected chi connectivity index (χ2v) is 8.79. The number of nitrogens with one attached hydrogen (secondary N) is 1. The molecule has 0 radical (unpaired) electrons. The van der Waals surface area contributed by atoms with E-state index in [1.54, 1.807) is 0 Å². The number of nitrogens with zero attached hydrogens (tertiary/aromatic N) is 1. The zero-order valence-electron chi connectivity index (χ0n) is 15.3. The van der Waals surface area contributed by atoms with E-state index in [1.165, 1.54) is 12.1 Å². The molecule has 2 aromatic carbocycles. The summed E-state index contributed by atoms with van der Waals surface area (Å²) in [5.74, 6) is -2.04. The zero-order chi connectivity index (χ0) is 23.2. The summed E-state index contributed by atoms with van der Waals surface area (Å²) in [7, 11) is -4.43. The molecule has 0 bridgehead atoms. The zero-order valence-corrected chi connectivity index (χ0v) is 16.9. The van der Waals surface area contributed by atoms with Crippen LogP contribution in [0.4, 0.5) is 32.0 Å². The summed E-state index contributed by atoms with van der Waals surface area (Å²) in [6.07, 6.45) is -9.71. The first-order valence-corrected chi connectivity index (χ1v) is 10.4. The molecule has 31 heavy (non-hydrogen) atoms. The van der Waals surface area contributed by atoms with E-state index < -0.39 is 51.0 Å². The first-order chi connectivity index (χ1) is 14.2. The Balaban J connectivity index is 1.90. The van der Waals surface area contributed by atoms with Gasteiger partial charge in [0.2, 0.25) is 0 Å². The topological polar surface area (TPSA) is 66.5 Å². The van der Waals surface area contributed by atoms with E-state index in [-0.39, 0.29) is 23.6 Å². The third kappa shape index (κ3) is 5.06. The molecule has 0 aliphatic carbocycles. The Morgan fingerprint density at radius 2 is 1.68 bits per heavy atom. The molecule has 0 saturated heterocycles. The number of anilines is 1. The van der Waals surface area contributed by atoms with E-state index in [4.69, 9.17) is 11.6 Å². The van der Waals surface area contributed by atoms with Gasteiger partial charge in [0, 0.05) is 13.1 Å². The van der Waals surface area contributed by atoms with Crippen LogP contribution < -0.4 is 4.72 Å². The first-order valence-electron chi connectivity index (χ1n) is 8.56. The van der Waals surface area contributed by atoms with Crippen LogP contribution in [-0.2, 0) is 34.0 Å². The monoisotopic (exact) mass is 486 g/mol. The average Bonchev–Trinajstić information content (AvgIpc) is 2.66. The van der Waals surface area contributed by atoms with Crippen molar-refractivity contribution in [3.05, 3.63) is 58.1 Å². The molecule has 3 rings (SSSR count). The molecule has 13 heteroatoms. The summed E-state index contributed by atoms with van der Waals surface area (Å²) in [5, 5.41) is -0.281. The van der Waals surface area contributed by atoms with Crippen molar-refractivity contribution in [2.24, 2.45) is 0 Å². The predicted octanol–water partition coefficient (Wildman–Crippen LogP) is 4.61. The van der Waals surface area contributed by atoms with Crippen molar-refractivity contribution in [1.29, 1.82) is 0 Å². The van der Waals surface area contributed by atoms with Crippen LogP contribution in [0.5, 0.6) is 0 Å². The number of fused-ring (bicyclic) bond motifs is 1. The number of amides is 1. The fourth-order valence-electron chi connectivity index (χ4n) is 3.04. The lowest BCUT2D eigenvalue weighted by Crippen LogP contribution is -2.43. The molecule has 0 spiro atoms. The van der Waals surface area contributed by atoms with Gasteiger partial charge in [0.1, 0.15) is 0 Å². The van der Waals surface area contributed by atoms with Crippen LogP contribution in [-0.4, -0.2) is 31.9 Å². The number of halogens is 7. The lowest BCUT2D eigenvalue weighted by Gasteiger charge is -2.29. The van der Waals surface area contributed by atoms with Crippen LogP contribution in [0.25, 0.3) is 0 Å². The minimum atomic E-state index is -5.07. The first kappa shape index (κ1) is 23.2. The molecule has 0 unspecified atom stereocenters. The molecule has 1 amide bonds. The van der Waals surface area contributed by atoms with Gasteiger partial charge in [-0.3, -0.25) is 9.52 Å². The molecule has 2 aromatic rings. The summed E-state index contributed by atoms with van der Waals surface area (Å²) in [6.45, 7) is -0.642. The van der Waals surface area contributed by atoms with Crippen LogP contribution in [0.3, 0.4) is 0 Å². The summed E-state index contributed by atoms with van der Waals surface area (Å²) >= 11 is 5.81. The Hall–Kier alpha value is -2.47. The Labute approximate surface area is 177 Å². The van der Waals surface area contributed by atoms with E-state index in [2.05, 4.69) is 0 Å². The maximum atomic E-state index is 12.9. The van der Waals surface area contributed by atoms with Gasteiger partial charge in [-0.2, -0.15) is 26.3 Å². The molecular weight excluding hydrogens is 474 g/mol. The molecule has 0 atom stereocenters. The number of hydrogen-bond acceptors (Lipinski definition) is 3. The van der Waals surface area contributed by atoms with Crippen molar-refractivity contribution in [3.63, 3.8) is 0 Å². The maximum Gasteiger partial charge on any atom is 0.471 e. The molecule has 0 aromatic heterocycles. The van der Waals surface area contributed by atoms with E-state index in [0.29, 0.717) is 22.6 Å². The largest absolute Gasteiger partial charge is 0.471 e. The Kier molecular flexibility index (Phi) is 5.91. The normalized spacial score (nSPS) is 14.9. The van der Waals surface area contributed by atoms with E-state index in [9.17, 15) is 39.6 Å². The number of rotatable bonds is 3. The van der Waals surface area contributed by atoms with Gasteiger partial charge in [-0.1, -0.05) is 17.7 Å². The van der Waals surface area contributed by atoms with Gasteiger partial charge in [-0.25, -0.2) is 8.42 Å². The molecule has 0 saturated carbocycles. The fraction of sp³-hybridized carbons (Fsp3) is 0.278.